The van der Waals surface area contributed by atoms with E-state index in [1.165, 1.54) is 12.1 Å². The number of pyridine rings is 2. The highest BCUT2D eigenvalue weighted by Gasteiger charge is 2.21. The molecule has 0 aromatic carbocycles. The number of hydrogen-bond donors (Lipinski definition) is 1. The third-order valence-corrected chi connectivity index (χ3v) is 3.42. The molecule has 0 spiro atoms. The van der Waals surface area contributed by atoms with Crippen LogP contribution in [0.5, 0.6) is 0 Å². The van der Waals surface area contributed by atoms with Crippen molar-refractivity contribution in [3.63, 3.8) is 0 Å². The minimum atomic E-state index is -0.621. The average Bonchev–Trinajstić information content (AvgIpc) is 2.44. The first-order valence-corrected chi connectivity index (χ1v) is 7.43. The lowest BCUT2D eigenvalue weighted by Gasteiger charge is -2.16. The molecule has 2 rings (SSSR count). The highest BCUT2D eigenvalue weighted by Crippen LogP contribution is 2.24. The van der Waals surface area contributed by atoms with Gasteiger partial charge >= 0.3 is 0 Å². The van der Waals surface area contributed by atoms with Crippen LogP contribution in [0.4, 0.5) is 10.2 Å². The second-order valence-electron chi connectivity index (χ2n) is 4.61. The first kappa shape index (κ1) is 15.6. The summed E-state index contributed by atoms with van der Waals surface area (Å²) in [6, 6.07) is 6.17. The van der Waals surface area contributed by atoms with Crippen molar-refractivity contribution in [1.82, 2.24) is 9.97 Å². The summed E-state index contributed by atoms with van der Waals surface area (Å²) in [7, 11) is 0. The van der Waals surface area contributed by atoms with Gasteiger partial charge in [0.2, 0.25) is 11.9 Å². The lowest BCUT2D eigenvalue weighted by atomic mass is 9.95. The number of halogens is 2. The van der Waals surface area contributed by atoms with Gasteiger partial charge in [0, 0.05) is 16.9 Å². The quantitative estimate of drug-likeness (QED) is 0.831. The molecule has 0 aliphatic carbocycles. The molecule has 1 atom stereocenters. The van der Waals surface area contributed by atoms with Crippen LogP contribution >= 0.6 is 15.9 Å². The smallest absolute Gasteiger partial charge is 0.233 e. The summed E-state index contributed by atoms with van der Waals surface area (Å²) in [6.07, 6.45) is 4.86. The molecule has 4 nitrogen and oxygen atoms in total. The minimum Gasteiger partial charge on any atom is -0.310 e. The topological polar surface area (TPSA) is 54.9 Å². The van der Waals surface area contributed by atoms with Crippen LogP contribution in [-0.2, 0) is 4.79 Å². The van der Waals surface area contributed by atoms with Crippen LogP contribution in [0.1, 0.15) is 31.2 Å². The zero-order chi connectivity index (χ0) is 15.2. The van der Waals surface area contributed by atoms with Crippen molar-refractivity contribution in [2.75, 3.05) is 5.32 Å². The van der Waals surface area contributed by atoms with Crippen LogP contribution in [0.3, 0.4) is 0 Å². The highest BCUT2D eigenvalue weighted by atomic mass is 79.9. The molecule has 0 aliphatic rings. The fraction of sp³-hybridized carbons (Fsp3) is 0.267. The van der Waals surface area contributed by atoms with Gasteiger partial charge < -0.3 is 5.32 Å². The van der Waals surface area contributed by atoms with Crippen molar-refractivity contribution >= 4 is 27.7 Å². The van der Waals surface area contributed by atoms with E-state index < -0.39 is 5.95 Å². The van der Waals surface area contributed by atoms with Crippen molar-refractivity contribution in [3.8, 4) is 0 Å². The fourth-order valence-corrected chi connectivity index (χ4v) is 2.43. The SMILES string of the molecule is CCCC(C(=O)Nc1cccc(F)n1)c1cncc(Br)c1. The Balaban J connectivity index is 2.19. The Labute approximate surface area is 130 Å². The van der Waals surface area contributed by atoms with Crippen LogP contribution in [-0.4, -0.2) is 15.9 Å². The van der Waals surface area contributed by atoms with Gasteiger partial charge in [0.05, 0.1) is 5.92 Å². The first-order chi connectivity index (χ1) is 10.1. The van der Waals surface area contributed by atoms with E-state index in [4.69, 9.17) is 0 Å². The van der Waals surface area contributed by atoms with Gasteiger partial charge in [-0.1, -0.05) is 19.4 Å². The second-order valence-corrected chi connectivity index (χ2v) is 5.53. The summed E-state index contributed by atoms with van der Waals surface area (Å²) in [4.78, 5) is 20.1. The zero-order valence-electron chi connectivity index (χ0n) is 11.5. The van der Waals surface area contributed by atoms with Gasteiger partial charge in [0.15, 0.2) is 0 Å². The van der Waals surface area contributed by atoms with E-state index in [-0.39, 0.29) is 17.6 Å². The van der Waals surface area contributed by atoms with Crippen molar-refractivity contribution in [2.45, 2.75) is 25.7 Å². The number of aromatic nitrogens is 2. The summed E-state index contributed by atoms with van der Waals surface area (Å²) >= 11 is 3.35. The van der Waals surface area contributed by atoms with E-state index >= 15 is 0 Å². The number of nitrogens with zero attached hydrogens (tertiary/aromatic N) is 2. The molecule has 6 heteroatoms. The molecule has 1 unspecified atom stereocenters. The van der Waals surface area contributed by atoms with E-state index in [1.54, 1.807) is 18.5 Å². The van der Waals surface area contributed by atoms with E-state index in [2.05, 4.69) is 31.2 Å². The average molecular weight is 352 g/mol. The normalized spacial score (nSPS) is 12.0. The maximum Gasteiger partial charge on any atom is 0.233 e. The van der Waals surface area contributed by atoms with Crippen molar-refractivity contribution in [2.24, 2.45) is 0 Å². The molecule has 0 radical (unpaired) electrons. The molecule has 2 aromatic rings. The van der Waals surface area contributed by atoms with E-state index in [0.29, 0.717) is 6.42 Å². The maximum atomic E-state index is 13.1. The van der Waals surface area contributed by atoms with E-state index in [1.807, 2.05) is 13.0 Å². The zero-order valence-corrected chi connectivity index (χ0v) is 13.1. The van der Waals surface area contributed by atoms with Crippen LogP contribution in [0.25, 0.3) is 0 Å². The molecule has 21 heavy (non-hydrogen) atoms. The number of amides is 1. The number of carbonyl (C=O) groups excluding carboxylic acids is 1. The molecular formula is C15H15BrFN3O. The van der Waals surface area contributed by atoms with Gasteiger partial charge in [-0.15, -0.1) is 0 Å². The lowest BCUT2D eigenvalue weighted by Crippen LogP contribution is -2.22. The molecule has 1 amide bonds. The number of hydrogen-bond acceptors (Lipinski definition) is 3. The molecule has 0 fully saturated rings. The molecular weight excluding hydrogens is 337 g/mol. The third kappa shape index (κ3) is 4.32. The molecule has 2 heterocycles. The number of nitrogens with one attached hydrogen (secondary N) is 1. The van der Waals surface area contributed by atoms with Gasteiger partial charge in [-0.25, -0.2) is 4.98 Å². The second kappa shape index (κ2) is 7.26. The third-order valence-electron chi connectivity index (χ3n) is 2.99. The Morgan fingerprint density at radius 1 is 1.43 bits per heavy atom. The largest absolute Gasteiger partial charge is 0.310 e. The molecule has 2 aromatic heterocycles. The maximum absolute atomic E-state index is 13.1. The monoisotopic (exact) mass is 351 g/mol. The predicted octanol–water partition coefficient (Wildman–Crippen LogP) is 3.90. The molecule has 110 valence electrons. The van der Waals surface area contributed by atoms with Crippen molar-refractivity contribution < 1.29 is 9.18 Å². The van der Waals surface area contributed by atoms with Crippen LogP contribution < -0.4 is 5.32 Å². The summed E-state index contributed by atoms with van der Waals surface area (Å²) < 4.78 is 13.9. The number of anilines is 1. The molecule has 0 bridgehead atoms. The lowest BCUT2D eigenvalue weighted by molar-refractivity contribution is -0.117. The number of rotatable bonds is 5. The molecule has 0 aliphatic heterocycles. The van der Waals surface area contributed by atoms with Gasteiger partial charge in [0.25, 0.3) is 0 Å². The Morgan fingerprint density at radius 2 is 2.24 bits per heavy atom. The van der Waals surface area contributed by atoms with E-state index in [0.717, 1.165) is 16.5 Å². The summed E-state index contributed by atoms with van der Waals surface area (Å²) in [5.41, 5.74) is 0.820. The Hall–Kier alpha value is -1.82. The minimum absolute atomic E-state index is 0.212. The fourth-order valence-electron chi connectivity index (χ4n) is 2.05. The van der Waals surface area contributed by atoms with Gasteiger partial charge in [-0.2, -0.15) is 4.39 Å². The van der Waals surface area contributed by atoms with Gasteiger partial charge in [0.1, 0.15) is 5.82 Å². The number of carbonyl (C=O) groups is 1. The molecule has 0 saturated heterocycles. The van der Waals surface area contributed by atoms with Crippen molar-refractivity contribution in [1.29, 1.82) is 0 Å². The Bertz CT molecular complexity index is 636. The molecule has 1 N–H and O–H groups in total. The van der Waals surface area contributed by atoms with Crippen LogP contribution in [0, 0.1) is 5.95 Å². The highest BCUT2D eigenvalue weighted by molar-refractivity contribution is 9.10. The predicted molar refractivity (Wildman–Crippen MR) is 82.4 cm³/mol. The first-order valence-electron chi connectivity index (χ1n) is 6.64. The molecule has 0 saturated carbocycles. The Morgan fingerprint density at radius 3 is 2.90 bits per heavy atom. The van der Waals surface area contributed by atoms with Crippen LogP contribution in [0.2, 0.25) is 0 Å². The van der Waals surface area contributed by atoms with Gasteiger partial charge in [-0.3, -0.25) is 9.78 Å². The summed E-state index contributed by atoms with van der Waals surface area (Å²) in [5.74, 6) is -0.965. The Kier molecular flexibility index (Phi) is 5.38. The van der Waals surface area contributed by atoms with Crippen LogP contribution in [0.15, 0.2) is 41.1 Å². The summed E-state index contributed by atoms with van der Waals surface area (Å²) in [6.45, 7) is 2.01. The standard InChI is InChI=1S/C15H15BrFN3O/c1-2-4-12(10-7-11(16)9-18-8-10)15(21)20-14-6-3-5-13(17)19-14/h3,5-9,12H,2,4H2,1H3,(H,19,20,21). The summed E-state index contributed by atoms with van der Waals surface area (Å²) in [5, 5.41) is 2.65. The van der Waals surface area contributed by atoms with Gasteiger partial charge in [-0.05, 0) is 46.1 Å². The van der Waals surface area contributed by atoms with Crippen molar-refractivity contribution in [3.05, 3.63) is 52.6 Å². The van der Waals surface area contributed by atoms with E-state index in [9.17, 15) is 9.18 Å².